The number of fused-ring (bicyclic) bond motifs is 1. The van der Waals surface area contributed by atoms with Crippen molar-refractivity contribution in [2.24, 2.45) is 0 Å². The van der Waals surface area contributed by atoms with E-state index in [9.17, 15) is 4.79 Å². The van der Waals surface area contributed by atoms with Crippen LogP contribution in [0.5, 0.6) is 0 Å². The first-order chi connectivity index (χ1) is 7.74. The maximum atomic E-state index is 11.5. The Morgan fingerprint density at radius 2 is 2.12 bits per heavy atom. The Morgan fingerprint density at radius 1 is 1.38 bits per heavy atom. The highest BCUT2D eigenvalue weighted by atomic mass is 35.5. The van der Waals surface area contributed by atoms with Gasteiger partial charge in [-0.1, -0.05) is 24.3 Å². The number of hydrogen-bond acceptors (Lipinski definition) is 2. The number of pyridine rings is 1. The largest absolute Gasteiger partial charge is 0.298 e. The monoisotopic (exact) mass is 234 g/mol. The third-order valence-electron chi connectivity index (χ3n) is 2.46. The maximum Gasteiger partial charge on any atom is 0.242 e. The van der Waals surface area contributed by atoms with E-state index in [-0.39, 0.29) is 11.8 Å². The number of nitrogens with zero attached hydrogens (tertiary/aromatic N) is 2. The van der Waals surface area contributed by atoms with Gasteiger partial charge in [-0.15, -0.1) is 11.6 Å². The molecular formula is C12H11ClN2O. The van der Waals surface area contributed by atoms with Crippen LogP contribution in [0, 0.1) is 0 Å². The van der Waals surface area contributed by atoms with Crippen molar-refractivity contribution in [1.82, 2.24) is 4.98 Å². The summed E-state index contributed by atoms with van der Waals surface area (Å²) in [7, 11) is 1.68. The molecule has 82 valence electrons. The van der Waals surface area contributed by atoms with Crippen LogP contribution in [0.3, 0.4) is 0 Å². The second kappa shape index (κ2) is 4.49. The number of rotatable bonds is 2. The molecule has 0 unspecified atom stereocenters. The fraction of sp³-hybridized carbons (Fsp3) is 0.167. The standard InChI is InChI=1S/C12H11ClN2O/c1-15(11(16)8-13)12-10-5-3-2-4-9(10)6-7-14-12/h2-7H,8H2,1H3. The van der Waals surface area contributed by atoms with E-state index in [0.717, 1.165) is 10.8 Å². The van der Waals surface area contributed by atoms with Crippen LogP contribution < -0.4 is 4.90 Å². The quantitative estimate of drug-likeness (QED) is 0.748. The molecule has 0 saturated carbocycles. The van der Waals surface area contributed by atoms with E-state index in [1.807, 2.05) is 30.3 Å². The molecule has 0 aliphatic carbocycles. The molecule has 1 aromatic carbocycles. The number of amides is 1. The number of hydrogen-bond donors (Lipinski definition) is 0. The van der Waals surface area contributed by atoms with Crippen LogP contribution in [0.1, 0.15) is 0 Å². The van der Waals surface area contributed by atoms with Crippen LogP contribution >= 0.6 is 11.6 Å². The Morgan fingerprint density at radius 3 is 2.88 bits per heavy atom. The minimum Gasteiger partial charge on any atom is -0.298 e. The summed E-state index contributed by atoms with van der Waals surface area (Å²) < 4.78 is 0. The summed E-state index contributed by atoms with van der Waals surface area (Å²) in [5.74, 6) is 0.441. The topological polar surface area (TPSA) is 33.2 Å². The molecule has 0 saturated heterocycles. The number of alkyl halides is 1. The molecule has 4 heteroatoms. The third-order valence-corrected chi connectivity index (χ3v) is 2.69. The van der Waals surface area contributed by atoms with Gasteiger partial charge in [-0.25, -0.2) is 4.98 Å². The fourth-order valence-corrected chi connectivity index (χ4v) is 1.76. The molecule has 0 aliphatic heterocycles. The van der Waals surface area contributed by atoms with E-state index < -0.39 is 0 Å². The fourth-order valence-electron chi connectivity index (χ4n) is 1.58. The zero-order valence-corrected chi connectivity index (χ0v) is 9.61. The van der Waals surface area contributed by atoms with E-state index in [1.165, 1.54) is 4.90 Å². The Kier molecular flexibility index (Phi) is 3.06. The minimum absolute atomic E-state index is 0.0403. The SMILES string of the molecule is CN(C(=O)CCl)c1nccc2ccccc12. The van der Waals surface area contributed by atoms with Crippen LogP contribution in [-0.2, 0) is 4.79 Å². The van der Waals surface area contributed by atoms with Crippen LogP contribution in [0.25, 0.3) is 10.8 Å². The summed E-state index contributed by atoms with van der Waals surface area (Å²) in [6.45, 7) is 0. The summed E-state index contributed by atoms with van der Waals surface area (Å²) in [4.78, 5) is 17.2. The van der Waals surface area contributed by atoms with Crippen molar-refractivity contribution in [3.05, 3.63) is 36.5 Å². The number of anilines is 1. The molecule has 0 spiro atoms. The van der Waals surface area contributed by atoms with Gasteiger partial charge in [0.2, 0.25) is 5.91 Å². The van der Waals surface area contributed by atoms with Gasteiger partial charge in [0.05, 0.1) is 0 Å². The van der Waals surface area contributed by atoms with Gasteiger partial charge in [0.15, 0.2) is 0 Å². The molecule has 3 nitrogen and oxygen atoms in total. The molecule has 1 aromatic heterocycles. The molecule has 0 aliphatic rings. The first kappa shape index (κ1) is 10.9. The third kappa shape index (κ3) is 1.86. The van der Waals surface area contributed by atoms with E-state index in [2.05, 4.69) is 4.98 Å². The Hall–Kier alpha value is -1.61. The Bertz CT molecular complexity index is 522. The smallest absolute Gasteiger partial charge is 0.242 e. The number of carbonyl (C=O) groups excluding carboxylic acids is 1. The average Bonchev–Trinajstić information content (AvgIpc) is 2.36. The predicted octanol–water partition coefficient (Wildman–Crippen LogP) is 2.44. The van der Waals surface area contributed by atoms with Gasteiger partial charge in [0.25, 0.3) is 0 Å². The van der Waals surface area contributed by atoms with Crippen molar-refractivity contribution >= 4 is 34.1 Å². The van der Waals surface area contributed by atoms with Crippen molar-refractivity contribution in [2.75, 3.05) is 17.8 Å². The molecule has 0 N–H and O–H groups in total. The normalized spacial score (nSPS) is 10.4. The maximum absolute atomic E-state index is 11.5. The summed E-state index contributed by atoms with van der Waals surface area (Å²) in [6.07, 6.45) is 1.69. The number of halogens is 1. The van der Waals surface area contributed by atoms with Crippen molar-refractivity contribution < 1.29 is 4.79 Å². The Balaban J connectivity index is 2.56. The Labute approximate surface area is 98.7 Å². The molecule has 1 amide bonds. The summed E-state index contributed by atoms with van der Waals surface area (Å²) >= 11 is 5.53. The van der Waals surface area contributed by atoms with Crippen LogP contribution in [0.2, 0.25) is 0 Å². The summed E-state index contributed by atoms with van der Waals surface area (Å²) in [5, 5.41) is 2.01. The highest BCUT2D eigenvalue weighted by Crippen LogP contribution is 2.23. The van der Waals surface area contributed by atoms with Crippen LogP contribution in [0.4, 0.5) is 5.82 Å². The first-order valence-electron chi connectivity index (χ1n) is 4.90. The first-order valence-corrected chi connectivity index (χ1v) is 5.44. The highest BCUT2D eigenvalue weighted by molar-refractivity contribution is 6.29. The molecule has 0 atom stereocenters. The molecule has 16 heavy (non-hydrogen) atoms. The van der Waals surface area contributed by atoms with E-state index >= 15 is 0 Å². The zero-order chi connectivity index (χ0) is 11.5. The molecule has 0 radical (unpaired) electrons. The zero-order valence-electron chi connectivity index (χ0n) is 8.85. The summed E-state index contributed by atoms with van der Waals surface area (Å²) in [5.41, 5.74) is 0. The second-order valence-corrected chi connectivity index (χ2v) is 3.71. The lowest BCUT2D eigenvalue weighted by Gasteiger charge is -2.16. The van der Waals surface area contributed by atoms with Gasteiger partial charge in [0, 0.05) is 18.6 Å². The van der Waals surface area contributed by atoms with Crippen molar-refractivity contribution in [2.45, 2.75) is 0 Å². The highest BCUT2D eigenvalue weighted by Gasteiger charge is 2.13. The molecule has 1 heterocycles. The lowest BCUT2D eigenvalue weighted by Crippen LogP contribution is -2.28. The molecule has 2 aromatic rings. The average molecular weight is 235 g/mol. The van der Waals surface area contributed by atoms with Gasteiger partial charge >= 0.3 is 0 Å². The van der Waals surface area contributed by atoms with E-state index in [0.29, 0.717) is 5.82 Å². The van der Waals surface area contributed by atoms with Gasteiger partial charge in [-0.3, -0.25) is 9.69 Å². The molecule has 2 rings (SSSR count). The van der Waals surface area contributed by atoms with Gasteiger partial charge in [-0.05, 0) is 11.5 Å². The minimum atomic E-state index is -0.162. The van der Waals surface area contributed by atoms with Gasteiger partial charge in [-0.2, -0.15) is 0 Å². The van der Waals surface area contributed by atoms with Crippen LogP contribution in [0.15, 0.2) is 36.5 Å². The molecule has 0 fully saturated rings. The van der Waals surface area contributed by atoms with E-state index in [4.69, 9.17) is 11.6 Å². The molecule has 0 bridgehead atoms. The predicted molar refractivity (Wildman–Crippen MR) is 65.9 cm³/mol. The number of benzene rings is 1. The second-order valence-electron chi connectivity index (χ2n) is 3.44. The van der Waals surface area contributed by atoms with Gasteiger partial charge < -0.3 is 0 Å². The van der Waals surface area contributed by atoms with Crippen LogP contribution in [-0.4, -0.2) is 23.8 Å². The number of aromatic nitrogens is 1. The summed E-state index contributed by atoms with van der Waals surface area (Å²) in [6, 6.07) is 9.72. The van der Waals surface area contributed by atoms with E-state index in [1.54, 1.807) is 13.2 Å². The van der Waals surface area contributed by atoms with Crippen molar-refractivity contribution in [3.8, 4) is 0 Å². The molecular weight excluding hydrogens is 224 g/mol. The van der Waals surface area contributed by atoms with Crippen molar-refractivity contribution in [1.29, 1.82) is 0 Å². The lowest BCUT2D eigenvalue weighted by atomic mass is 10.1. The number of carbonyl (C=O) groups is 1. The lowest BCUT2D eigenvalue weighted by molar-refractivity contribution is -0.116. The van der Waals surface area contributed by atoms with Crippen molar-refractivity contribution in [3.63, 3.8) is 0 Å². The van der Waals surface area contributed by atoms with Gasteiger partial charge in [0.1, 0.15) is 11.7 Å².